The summed E-state index contributed by atoms with van der Waals surface area (Å²) in [5, 5.41) is 29.8. The zero-order valence-corrected chi connectivity index (χ0v) is 23.6. The van der Waals surface area contributed by atoms with Crippen molar-refractivity contribution in [2.24, 2.45) is 0 Å². The van der Waals surface area contributed by atoms with Crippen molar-refractivity contribution in [2.45, 2.75) is 25.0 Å². The van der Waals surface area contributed by atoms with Gasteiger partial charge < -0.3 is 20.3 Å². The van der Waals surface area contributed by atoms with E-state index in [1.54, 1.807) is 52.9 Å². The Morgan fingerprint density at radius 3 is 2.71 bits per heavy atom. The van der Waals surface area contributed by atoms with Gasteiger partial charge in [0.05, 0.1) is 47.7 Å². The Bertz CT molecular complexity index is 1650. The number of aliphatic hydroxyl groups is 2. The highest BCUT2D eigenvalue weighted by Crippen LogP contribution is 2.38. The summed E-state index contributed by atoms with van der Waals surface area (Å²) in [5.41, 5.74) is 1.99. The van der Waals surface area contributed by atoms with E-state index in [9.17, 15) is 23.0 Å². The number of benzene rings is 2. The predicted octanol–water partition coefficient (Wildman–Crippen LogP) is 3.13. The average Bonchev–Trinajstić information content (AvgIpc) is 3.38. The first-order chi connectivity index (χ1) is 19.7. The lowest BCUT2D eigenvalue weighted by molar-refractivity contribution is -0.125. The van der Waals surface area contributed by atoms with Gasteiger partial charge in [0.15, 0.2) is 0 Å². The fraction of sp³-hybridized carbons (Fsp3) is 0.357. The molecule has 0 aliphatic carbocycles. The highest BCUT2D eigenvalue weighted by molar-refractivity contribution is 7.92. The molecule has 2 atom stereocenters. The van der Waals surface area contributed by atoms with Crippen molar-refractivity contribution in [1.29, 1.82) is 0 Å². The molecule has 4 aromatic rings. The highest BCUT2D eigenvalue weighted by Gasteiger charge is 2.42. The summed E-state index contributed by atoms with van der Waals surface area (Å²) in [5.74, 6) is 0.608. The number of fused-ring (bicyclic) bond motifs is 1. The number of nitrogens with one attached hydrogen (secondary N) is 2. The molecule has 2 unspecified atom stereocenters. The molecule has 41 heavy (non-hydrogen) atoms. The number of rotatable bonds is 10. The minimum atomic E-state index is -3.49. The Hall–Kier alpha value is -3.78. The van der Waals surface area contributed by atoms with Crippen LogP contribution in [0.3, 0.4) is 0 Å². The Morgan fingerprint density at radius 1 is 1.17 bits per heavy atom. The van der Waals surface area contributed by atoms with Gasteiger partial charge in [-0.05, 0) is 49.2 Å². The van der Waals surface area contributed by atoms with Crippen LogP contribution in [0.4, 0.5) is 21.7 Å². The number of halogens is 1. The molecule has 218 valence electrons. The SMILES string of the molecule is CCS(=O)(=O)Nc1ccccc1-c1ccc2cnc(Nc3ccc(C4(O)CCN(CCF)CC4O)cc3OC)nn12. The Morgan fingerprint density at radius 2 is 1.98 bits per heavy atom. The van der Waals surface area contributed by atoms with Crippen LogP contribution in [0.1, 0.15) is 18.9 Å². The molecule has 0 spiro atoms. The van der Waals surface area contributed by atoms with Crippen LogP contribution < -0.4 is 14.8 Å². The molecule has 1 aliphatic heterocycles. The topological polar surface area (TPSA) is 141 Å². The molecule has 1 aliphatic rings. The second-order valence-electron chi connectivity index (χ2n) is 9.91. The second kappa shape index (κ2) is 11.6. The third kappa shape index (κ3) is 5.84. The summed E-state index contributed by atoms with van der Waals surface area (Å²) >= 11 is 0. The molecule has 11 nitrogen and oxygen atoms in total. The number of hydrogen-bond donors (Lipinski definition) is 4. The van der Waals surface area contributed by atoms with E-state index in [0.717, 1.165) is 0 Å². The molecular formula is C28H33FN6O5S. The number of sulfonamides is 1. The molecule has 0 amide bonds. The van der Waals surface area contributed by atoms with E-state index in [4.69, 9.17) is 4.74 Å². The number of likely N-dealkylation sites (tertiary alicyclic amines) is 1. The molecule has 2 aromatic heterocycles. The molecule has 1 fully saturated rings. The van der Waals surface area contributed by atoms with Crippen LogP contribution in [0.15, 0.2) is 60.8 Å². The molecule has 2 aromatic carbocycles. The maximum atomic E-state index is 12.8. The van der Waals surface area contributed by atoms with E-state index in [2.05, 4.69) is 20.1 Å². The Labute approximate surface area is 237 Å². The summed E-state index contributed by atoms with van der Waals surface area (Å²) in [7, 11) is -1.99. The fourth-order valence-corrected chi connectivity index (χ4v) is 5.68. The Balaban J connectivity index is 1.44. The van der Waals surface area contributed by atoms with E-state index in [-0.39, 0.29) is 31.2 Å². The quantitative estimate of drug-likeness (QED) is 0.221. The monoisotopic (exact) mass is 584 g/mol. The maximum Gasteiger partial charge on any atom is 0.245 e. The van der Waals surface area contributed by atoms with Crippen molar-refractivity contribution in [3.8, 4) is 17.0 Å². The van der Waals surface area contributed by atoms with Crippen LogP contribution in [0.5, 0.6) is 5.75 Å². The van der Waals surface area contributed by atoms with Gasteiger partial charge in [-0.3, -0.25) is 9.62 Å². The van der Waals surface area contributed by atoms with Crippen molar-refractivity contribution < 1.29 is 27.8 Å². The summed E-state index contributed by atoms with van der Waals surface area (Å²) in [6.45, 7) is 1.90. The van der Waals surface area contributed by atoms with E-state index < -0.39 is 28.4 Å². The van der Waals surface area contributed by atoms with Gasteiger partial charge in [0.2, 0.25) is 16.0 Å². The van der Waals surface area contributed by atoms with Crippen molar-refractivity contribution in [1.82, 2.24) is 19.5 Å². The number of piperidine rings is 1. The van der Waals surface area contributed by atoms with Crippen LogP contribution in [0.2, 0.25) is 0 Å². The van der Waals surface area contributed by atoms with Crippen LogP contribution >= 0.6 is 0 Å². The van der Waals surface area contributed by atoms with Gasteiger partial charge >= 0.3 is 0 Å². The molecule has 0 bridgehead atoms. The molecular weight excluding hydrogens is 551 g/mol. The smallest absolute Gasteiger partial charge is 0.245 e. The minimum absolute atomic E-state index is 0.0545. The molecule has 4 N–H and O–H groups in total. The first-order valence-corrected chi connectivity index (χ1v) is 14.9. The molecule has 1 saturated heterocycles. The van der Waals surface area contributed by atoms with Crippen LogP contribution in [0, 0.1) is 0 Å². The number of β-amino-alcohol motifs (C(OH)–C–C–N with tert-alkyl or cyclic N) is 1. The number of aliphatic hydroxyl groups excluding tert-OH is 1. The minimum Gasteiger partial charge on any atom is -0.495 e. The van der Waals surface area contributed by atoms with Crippen LogP contribution in [0.25, 0.3) is 16.8 Å². The highest BCUT2D eigenvalue weighted by atomic mass is 32.2. The summed E-state index contributed by atoms with van der Waals surface area (Å²) < 4.78 is 47.2. The lowest BCUT2D eigenvalue weighted by Gasteiger charge is -2.42. The molecule has 3 heterocycles. The summed E-state index contributed by atoms with van der Waals surface area (Å²) in [6.07, 6.45) is 0.799. The van der Waals surface area contributed by atoms with Crippen molar-refractivity contribution in [2.75, 3.05) is 49.2 Å². The number of hydrogen-bond acceptors (Lipinski definition) is 9. The Kier molecular flexibility index (Phi) is 8.13. The zero-order valence-electron chi connectivity index (χ0n) is 22.8. The number of ether oxygens (including phenoxy) is 1. The number of anilines is 3. The maximum absolute atomic E-state index is 12.8. The van der Waals surface area contributed by atoms with Crippen molar-refractivity contribution >= 4 is 32.9 Å². The largest absolute Gasteiger partial charge is 0.495 e. The van der Waals surface area contributed by atoms with E-state index in [0.29, 0.717) is 46.0 Å². The van der Waals surface area contributed by atoms with Gasteiger partial charge in [0.25, 0.3) is 0 Å². The molecule has 5 rings (SSSR count). The number of alkyl halides is 1. The molecule has 0 saturated carbocycles. The normalized spacial score (nSPS) is 19.8. The van der Waals surface area contributed by atoms with Gasteiger partial charge in [-0.2, -0.15) is 0 Å². The number of aromatic nitrogens is 3. The van der Waals surface area contributed by atoms with Crippen molar-refractivity contribution in [3.05, 3.63) is 66.4 Å². The average molecular weight is 585 g/mol. The third-order valence-electron chi connectivity index (χ3n) is 7.39. The number of methoxy groups -OCH3 is 1. The first-order valence-electron chi connectivity index (χ1n) is 13.3. The lowest BCUT2D eigenvalue weighted by atomic mass is 9.82. The third-order valence-corrected chi connectivity index (χ3v) is 8.68. The van der Waals surface area contributed by atoms with Crippen molar-refractivity contribution in [3.63, 3.8) is 0 Å². The molecule has 13 heteroatoms. The van der Waals surface area contributed by atoms with Gasteiger partial charge in [0.1, 0.15) is 18.0 Å². The fourth-order valence-electron chi connectivity index (χ4n) is 5.02. The summed E-state index contributed by atoms with van der Waals surface area (Å²) in [4.78, 5) is 6.19. The summed E-state index contributed by atoms with van der Waals surface area (Å²) in [6, 6.07) is 15.8. The predicted molar refractivity (Wildman–Crippen MR) is 155 cm³/mol. The number of nitrogens with zero attached hydrogens (tertiary/aromatic N) is 4. The molecule has 0 radical (unpaired) electrons. The first kappa shape index (κ1) is 28.7. The van der Waals surface area contributed by atoms with E-state index in [1.807, 2.05) is 24.3 Å². The van der Waals surface area contributed by atoms with Gasteiger partial charge in [-0.15, -0.1) is 5.10 Å². The lowest BCUT2D eigenvalue weighted by Crippen LogP contribution is -2.53. The zero-order chi connectivity index (χ0) is 29.2. The van der Waals surface area contributed by atoms with Gasteiger partial charge in [0, 0.05) is 25.2 Å². The van der Waals surface area contributed by atoms with E-state index in [1.165, 1.54) is 7.11 Å². The second-order valence-corrected chi connectivity index (χ2v) is 11.9. The standard InChI is InChI=1S/C28H33FN6O5S/c1-3-41(38,39)33-22-7-5-4-6-21(22)24-11-9-20-17-30-27(32-35(20)24)31-23-10-8-19(16-25(23)40-2)28(37)12-14-34(15-13-29)18-26(28)36/h4-11,16-17,26,33,36-37H,3,12-15,18H2,1-2H3,(H,31,32). The van der Waals surface area contributed by atoms with Crippen LogP contribution in [-0.2, 0) is 15.6 Å². The van der Waals surface area contributed by atoms with Gasteiger partial charge in [-0.25, -0.2) is 22.3 Å². The van der Waals surface area contributed by atoms with Gasteiger partial charge in [-0.1, -0.05) is 24.3 Å². The van der Waals surface area contributed by atoms with E-state index >= 15 is 0 Å². The number of para-hydroxylation sites is 1. The van der Waals surface area contributed by atoms with Crippen LogP contribution in [-0.4, -0.2) is 83.4 Å².